The quantitative estimate of drug-likeness (QED) is 0.734. The highest BCUT2D eigenvalue weighted by Gasteiger charge is 2.16. The lowest BCUT2D eigenvalue weighted by Gasteiger charge is -2.14. The summed E-state index contributed by atoms with van der Waals surface area (Å²) in [6, 6.07) is 12.3. The largest absolute Gasteiger partial charge is 0.493 e. The average molecular weight is 364 g/mol. The number of hydrogen-bond acceptors (Lipinski definition) is 5. The molecule has 0 heterocycles. The van der Waals surface area contributed by atoms with Gasteiger partial charge in [0.05, 0.1) is 18.1 Å². The number of hydrogen-bond donors (Lipinski definition) is 2. The Kier molecular flexibility index (Phi) is 6.00. The van der Waals surface area contributed by atoms with Crippen LogP contribution in [0.1, 0.15) is 24.2 Å². The maximum atomic E-state index is 12.2. The fourth-order valence-corrected chi connectivity index (χ4v) is 2.86. The van der Waals surface area contributed by atoms with Crippen molar-refractivity contribution in [2.45, 2.75) is 24.8 Å². The van der Waals surface area contributed by atoms with Crippen molar-refractivity contribution in [2.75, 3.05) is 7.11 Å². The van der Waals surface area contributed by atoms with Crippen LogP contribution in [0.25, 0.3) is 0 Å². The summed E-state index contributed by atoms with van der Waals surface area (Å²) < 4.78 is 35.0. The molecule has 0 aliphatic rings. The molecular formula is C17H20N2O5S. The van der Waals surface area contributed by atoms with E-state index in [1.54, 1.807) is 24.3 Å². The molecule has 1 amide bonds. The first kappa shape index (κ1) is 18.8. The van der Waals surface area contributed by atoms with Crippen LogP contribution in [-0.2, 0) is 10.0 Å². The lowest BCUT2D eigenvalue weighted by Crippen LogP contribution is -2.41. The van der Waals surface area contributed by atoms with E-state index in [0.29, 0.717) is 11.5 Å². The van der Waals surface area contributed by atoms with Gasteiger partial charge in [-0.1, -0.05) is 18.2 Å². The monoisotopic (exact) mass is 364 g/mol. The summed E-state index contributed by atoms with van der Waals surface area (Å²) in [4.78, 5) is 14.3. The molecule has 0 spiro atoms. The van der Waals surface area contributed by atoms with Crippen molar-refractivity contribution >= 4 is 15.9 Å². The van der Waals surface area contributed by atoms with E-state index in [-0.39, 0.29) is 16.6 Å². The molecule has 0 aromatic heterocycles. The number of ether oxygens (including phenoxy) is 2. The van der Waals surface area contributed by atoms with Gasteiger partial charge in [-0.25, -0.2) is 8.42 Å². The van der Waals surface area contributed by atoms with E-state index in [9.17, 15) is 13.2 Å². The number of hydrazine groups is 1. The second-order valence-corrected chi connectivity index (χ2v) is 7.09. The maximum Gasteiger partial charge on any atom is 0.266 e. The molecule has 0 radical (unpaired) electrons. The number of benzene rings is 2. The standard InChI is InChI=1S/C17H20N2O5S/c1-12(2)24-15-10-9-13(11-16(15)23-3)17(20)18-19-25(21,22)14-7-5-4-6-8-14/h4-12,19H,1-3H3,(H,18,20). The number of nitrogens with one attached hydrogen (secondary N) is 2. The minimum Gasteiger partial charge on any atom is -0.493 e. The zero-order valence-electron chi connectivity index (χ0n) is 14.1. The normalized spacial score (nSPS) is 11.2. The van der Waals surface area contributed by atoms with Crippen LogP contribution < -0.4 is 19.7 Å². The molecule has 134 valence electrons. The second-order valence-electron chi connectivity index (χ2n) is 5.40. The summed E-state index contributed by atoms with van der Waals surface area (Å²) in [5, 5.41) is 0. The highest BCUT2D eigenvalue weighted by atomic mass is 32.2. The molecule has 25 heavy (non-hydrogen) atoms. The van der Waals surface area contributed by atoms with E-state index in [2.05, 4.69) is 10.3 Å². The first-order chi connectivity index (χ1) is 11.8. The zero-order valence-corrected chi connectivity index (χ0v) is 15.0. The molecule has 0 atom stereocenters. The smallest absolute Gasteiger partial charge is 0.266 e. The Morgan fingerprint density at radius 2 is 1.72 bits per heavy atom. The van der Waals surface area contributed by atoms with Gasteiger partial charge in [-0.05, 0) is 44.2 Å². The van der Waals surface area contributed by atoms with Crippen LogP contribution in [0.3, 0.4) is 0 Å². The Hall–Kier alpha value is -2.58. The van der Waals surface area contributed by atoms with E-state index >= 15 is 0 Å². The Morgan fingerprint density at radius 1 is 1.04 bits per heavy atom. The lowest BCUT2D eigenvalue weighted by atomic mass is 10.2. The fraction of sp³-hybridized carbons (Fsp3) is 0.235. The van der Waals surface area contributed by atoms with Gasteiger partial charge in [0.1, 0.15) is 0 Å². The van der Waals surface area contributed by atoms with Crippen molar-refractivity contribution < 1.29 is 22.7 Å². The number of rotatable bonds is 7. The molecule has 0 saturated carbocycles. The fourth-order valence-electron chi connectivity index (χ4n) is 2.00. The van der Waals surface area contributed by atoms with Crippen molar-refractivity contribution in [2.24, 2.45) is 0 Å². The molecule has 0 aliphatic carbocycles. The molecule has 7 nitrogen and oxygen atoms in total. The van der Waals surface area contributed by atoms with Crippen LogP contribution in [0, 0.1) is 0 Å². The zero-order chi connectivity index (χ0) is 18.4. The molecule has 0 saturated heterocycles. The predicted octanol–water partition coefficient (Wildman–Crippen LogP) is 2.11. The number of amides is 1. The molecule has 0 fully saturated rings. The van der Waals surface area contributed by atoms with Gasteiger partial charge in [-0.15, -0.1) is 4.83 Å². The summed E-state index contributed by atoms with van der Waals surface area (Å²) in [5.41, 5.74) is 2.40. The lowest BCUT2D eigenvalue weighted by molar-refractivity contribution is 0.0944. The van der Waals surface area contributed by atoms with Gasteiger partial charge < -0.3 is 9.47 Å². The minimum atomic E-state index is -3.84. The molecular weight excluding hydrogens is 344 g/mol. The molecule has 8 heteroatoms. The van der Waals surface area contributed by atoms with Crippen LogP contribution >= 0.6 is 0 Å². The van der Waals surface area contributed by atoms with Crippen LogP contribution in [0.4, 0.5) is 0 Å². The van der Waals surface area contributed by atoms with Gasteiger partial charge in [0, 0.05) is 5.56 Å². The Morgan fingerprint density at radius 3 is 2.32 bits per heavy atom. The van der Waals surface area contributed by atoms with E-state index in [1.165, 1.54) is 31.4 Å². The SMILES string of the molecule is COc1cc(C(=O)NNS(=O)(=O)c2ccccc2)ccc1OC(C)C. The highest BCUT2D eigenvalue weighted by Crippen LogP contribution is 2.28. The molecule has 2 aromatic rings. The third-order valence-corrected chi connectivity index (χ3v) is 4.40. The summed E-state index contributed by atoms with van der Waals surface area (Å²) >= 11 is 0. The third-order valence-electron chi connectivity index (χ3n) is 3.14. The van der Waals surface area contributed by atoms with E-state index < -0.39 is 15.9 Å². The van der Waals surface area contributed by atoms with Gasteiger partial charge in [0.15, 0.2) is 11.5 Å². The van der Waals surface area contributed by atoms with Crippen LogP contribution in [0.5, 0.6) is 11.5 Å². The van der Waals surface area contributed by atoms with Crippen molar-refractivity contribution in [3.8, 4) is 11.5 Å². The Balaban J connectivity index is 2.11. The highest BCUT2D eigenvalue weighted by molar-refractivity contribution is 7.89. The van der Waals surface area contributed by atoms with Gasteiger partial charge in [0.25, 0.3) is 15.9 Å². The number of carbonyl (C=O) groups is 1. The molecule has 2 aromatic carbocycles. The van der Waals surface area contributed by atoms with Crippen LogP contribution in [-0.4, -0.2) is 27.5 Å². The Labute approximate surface area is 147 Å². The minimum absolute atomic E-state index is 0.0496. The topological polar surface area (TPSA) is 93.7 Å². The molecule has 0 aliphatic heterocycles. The van der Waals surface area contributed by atoms with E-state index in [1.807, 2.05) is 13.8 Å². The molecule has 0 bridgehead atoms. The van der Waals surface area contributed by atoms with Crippen molar-refractivity contribution in [1.82, 2.24) is 10.3 Å². The van der Waals surface area contributed by atoms with Gasteiger partial charge in [0.2, 0.25) is 0 Å². The van der Waals surface area contributed by atoms with Gasteiger partial charge in [-0.3, -0.25) is 10.2 Å². The summed E-state index contributed by atoms with van der Waals surface area (Å²) in [6.07, 6.45) is -0.0498. The summed E-state index contributed by atoms with van der Waals surface area (Å²) in [6.45, 7) is 3.75. The Bertz CT molecular complexity index is 835. The average Bonchev–Trinajstić information content (AvgIpc) is 2.60. The maximum absolute atomic E-state index is 12.2. The van der Waals surface area contributed by atoms with Crippen molar-refractivity contribution in [3.05, 3.63) is 54.1 Å². The second kappa shape index (κ2) is 8.00. The number of carbonyl (C=O) groups excluding carboxylic acids is 1. The molecule has 2 rings (SSSR count). The number of sulfonamides is 1. The number of methoxy groups -OCH3 is 1. The summed E-state index contributed by atoms with van der Waals surface area (Å²) in [5.74, 6) is 0.264. The van der Waals surface area contributed by atoms with Crippen molar-refractivity contribution in [3.63, 3.8) is 0 Å². The van der Waals surface area contributed by atoms with E-state index in [0.717, 1.165) is 0 Å². The van der Waals surface area contributed by atoms with Gasteiger partial charge in [-0.2, -0.15) is 0 Å². The van der Waals surface area contributed by atoms with Gasteiger partial charge >= 0.3 is 0 Å². The first-order valence-electron chi connectivity index (χ1n) is 7.55. The van der Waals surface area contributed by atoms with Crippen molar-refractivity contribution in [1.29, 1.82) is 0 Å². The van der Waals surface area contributed by atoms with Crippen LogP contribution in [0.2, 0.25) is 0 Å². The third kappa shape index (κ3) is 4.94. The molecule has 0 unspecified atom stereocenters. The molecule has 2 N–H and O–H groups in total. The first-order valence-corrected chi connectivity index (χ1v) is 9.03. The predicted molar refractivity (Wildman–Crippen MR) is 93.0 cm³/mol. The summed E-state index contributed by atoms with van der Waals surface area (Å²) in [7, 11) is -2.38. The van der Waals surface area contributed by atoms with Crippen LogP contribution in [0.15, 0.2) is 53.4 Å². The van der Waals surface area contributed by atoms with E-state index in [4.69, 9.17) is 9.47 Å².